The van der Waals surface area contributed by atoms with Crippen LogP contribution in [-0.2, 0) is 7.05 Å². The average Bonchev–Trinajstić information content (AvgIpc) is 2.32. The molecule has 4 heteroatoms. The first-order valence-electron chi connectivity index (χ1n) is 5.45. The van der Waals surface area contributed by atoms with Crippen molar-refractivity contribution in [2.24, 2.45) is 7.05 Å². The molecule has 2 heterocycles. The van der Waals surface area contributed by atoms with Crippen LogP contribution in [0, 0.1) is 11.3 Å². The topological polar surface area (TPSA) is 58.7 Å². The number of nitrogens with zero attached hydrogens (tertiary/aromatic N) is 3. The zero-order valence-electron chi connectivity index (χ0n) is 10.1. The number of nitriles is 1. The summed E-state index contributed by atoms with van der Waals surface area (Å²) >= 11 is 0. The van der Waals surface area contributed by atoms with Gasteiger partial charge in [0.1, 0.15) is 11.8 Å². The van der Waals surface area contributed by atoms with Gasteiger partial charge in [0.25, 0.3) is 5.56 Å². The first-order chi connectivity index (χ1) is 8.04. The van der Waals surface area contributed by atoms with Gasteiger partial charge in [-0.3, -0.25) is 4.79 Å². The molecular weight excluding hydrogens is 214 g/mol. The van der Waals surface area contributed by atoms with Gasteiger partial charge in [0.2, 0.25) is 0 Å². The zero-order chi connectivity index (χ0) is 12.6. The van der Waals surface area contributed by atoms with E-state index in [4.69, 9.17) is 5.26 Å². The van der Waals surface area contributed by atoms with Crippen LogP contribution in [0.15, 0.2) is 23.0 Å². The lowest BCUT2D eigenvalue weighted by Gasteiger charge is -2.11. The highest BCUT2D eigenvalue weighted by Crippen LogP contribution is 2.21. The second-order valence-corrected chi connectivity index (χ2v) is 4.33. The summed E-state index contributed by atoms with van der Waals surface area (Å²) in [5.74, 6) is 0.202. The van der Waals surface area contributed by atoms with Gasteiger partial charge in [-0.2, -0.15) is 5.26 Å². The van der Waals surface area contributed by atoms with E-state index in [0.717, 1.165) is 16.6 Å². The van der Waals surface area contributed by atoms with Crippen LogP contribution in [0.1, 0.15) is 31.0 Å². The number of pyridine rings is 2. The van der Waals surface area contributed by atoms with E-state index in [9.17, 15) is 4.79 Å². The predicted octanol–water partition coefficient (Wildman–Crippen LogP) is 1.93. The van der Waals surface area contributed by atoms with Crippen molar-refractivity contribution in [1.82, 2.24) is 9.55 Å². The quantitative estimate of drug-likeness (QED) is 0.747. The Morgan fingerprint density at radius 2 is 2.12 bits per heavy atom. The van der Waals surface area contributed by atoms with E-state index in [-0.39, 0.29) is 11.5 Å². The highest BCUT2D eigenvalue weighted by Gasteiger charge is 2.11. The molecule has 0 atom stereocenters. The number of hydrogen-bond acceptors (Lipinski definition) is 3. The highest BCUT2D eigenvalue weighted by atomic mass is 16.1. The van der Waals surface area contributed by atoms with Crippen LogP contribution in [0.2, 0.25) is 0 Å². The first kappa shape index (κ1) is 11.3. The van der Waals surface area contributed by atoms with E-state index in [2.05, 4.69) is 4.98 Å². The van der Waals surface area contributed by atoms with Crippen LogP contribution in [0.3, 0.4) is 0 Å². The van der Waals surface area contributed by atoms with Gasteiger partial charge in [-0.25, -0.2) is 4.98 Å². The van der Waals surface area contributed by atoms with Crippen LogP contribution in [-0.4, -0.2) is 9.55 Å². The molecule has 2 aromatic heterocycles. The Hall–Kier alpha value is -2.15. The van der Waals surface area contributed by atoms with E-state index in [0.29, 0.717) is 5.69 Å². The third kappa shape index (κ3) is 1.80. The third-order valence-electron chi connectivity index (χ3n) is 2.85. The molecule has 0 bridgehead atoms. The summed E-state index contributed by atoms with van der Waals surface area (Å²) in [6.07, 6.45) is 0. The van der Waals surface area contributed by atoms with E-state index in [1.54, 1.807) is 29.8 Å². The van der Waals surface area contributed by atoms with Gasteiger partial charge in [0.15, 0.2) is 0 Å². The van der Waals surface area contributed by atoms with E-state index >= 15 is 0 Å². The Morgan fingerprint density at radius 1 is 1.41 bits per heavy atom. The Morgan fingerprint density at radius 3 is 2.71 bits per heavy atom. The van der Waals surface area contributed by atoms with Gasteiger partial charge >= 0.3 is 0 Å². The number of aryl methyl sites for hydroxylation is 1. The second-order valence-electron chi connectivity index (χ2n) is 4.33. The molecule has 0 aliphatic rings. The maximum Gasteiger partial charge on any atom is 0.251 e. The molecule has 0 aliphatic heterocycles. The molecule has 0 fully saturated rings. The summed E-state index contributed by atoms with van der Waals surface area (Å²) in [5, 5.41) is 8.87. The van der Waals surface area contributed by atoms with E-state index in [1.807, 2.05) is 19.9 Å². The molecule has 0 amide bonds. The summed E-state index contributed by atoms with van der Waals surface area (Å²) < 4.78 is 1.55. The molecule has 0 N–H and O–H groups in total. The highest BCUT2D eigenvalue weighted by molar-refractivity contribution is 5.79. The lowest BCUT2D eigenvalue weighted by molar-refractivity contribution is 0.840. The third-order valence-corrected chi connectivity index (χ3v) is 2.85. The Labute approximate surface area is 99.1 Å². The molecule has 0 spiro atoms. The minimum Gasteiger partial charge on any atom is -0.310 e. The summed E-state index contributed by atoms with van der Waals surface area (Å²) in [5.41, 5.74) is 2.72. The van der Waals surface area contributed by atoms with Crippen molar-refractivity contribution in [1.29, 1.82) is 5.26 Å². The molecule has 2 aromatic rings. The first-order valence-corrected chi connectivity index (χ1v) is 5.45. The minimum atomic E-state index is -0.0484. The lowest BCUT2D eigenvalue weighted by atomic mass is 10.0. The van der Waals surface area contributed by atoms with E-state index in [1.165, 1.54) is 0 Å². The van der Waals surface area contributed by atoms with Crippen LogP contribution in [0.25, 0.3) is 11.0 Å². The van der Waals surface area contributed by atoms with Gasteiger partial charge in [-0.05, 0) is 23.6 Å². The number of fused-ring (bicyclic) bond motifs is 1. The summed E-state index contributed by atoms with van der Waals surface area (Å²) in [6, 6.07) is 7.02. The molecule has 0 saturated carbocycles. The molecule has 17 heavy (non-hydrogen) atoms. The normalized spacial score (nSPS) is 10.8. The molecule has 0 saturated heterocycles. The molecular formula is C13H13N3O. The molecule has 0 unspecified atom stereocenters. The average molecular weight is 227 g/mol. The van der Waals surface area contributed by atoms with Crippen LogP contribution >= 0.6 is 0 Å². The van der Waals surface area contributed by atoms with Crippen molar-refractivity contribution < 1.29 is 0 Å². The van der Waals surface area contributed by atoms with Crippen LogP contribution in [0.4, 0.5) is 0 Å². The molecule has 0 aromatic carbocycles. The predicted molar refractivity (Wildman–Crippen MR) is 65.8 cm³/mol. The standard InChI is InChI=1S/C13H13N3O/c1-8(2)10-6-12(17)16(3)11-5-4-9(7-14)15-13(10)11/h4-6,8H,1-3H3. The monoisotopic (exact) mass is 227 g/mol. The maximum absolute atomic E-state index is 11.8. The fourth-order valence-electron chi connectivity index (χ4n) is 1.85. The minimum absolute atomic E-state index is 0.0484. The number of aromatic nitrogens is 2. The molecule has 4 nitrogen and oxygen atoms in total. The number of rotatable bonds is 1. The fraction of sp³-hybridized carbons (Fsp3) is 0.308. The Kier molecular flexibility index (Phi) is 2.68. The molecule has 0 aliphatic carbocycles. The van der Waals surface area contributed by atoms with Crippen molar-refractivity contribution in [3.05, 3.63) is 39.8 Å². The van der Waals surface area contributed by atoms with Gasteiger partial charge in [0.05, 0.1) is 11.0 Å². The smallest absolute Gasteiger partial charge is 0.251 e. The van der Waals surface area contributed by atoms with Crippen molar-refractivity contribution in [2.75, 3.05) is 0 Å². The van der Waals surface area contributed by atoms with E-state index < -0.39 is 0 Å². The van der Waals surface area contributed by atoms with Crippen molar-refractivity contribution in [3.8, 4) is 6.07 Å². The Balaban J connectivity index is 2.95. The molecule has 2 rings (SSSR count). The van der Waals surface area contributed by atoms with Gasteiger partial charge < -0.3 is 4.57 Å². The summed E-state index contributed by atoms with van der Waals surface area (Å²) in [6.45, 7) is 4.02. The van der Waals surface area contributed by atoms with Crippen molar-refractivity contribution in [3.63, 3.8) is 0 Å². The molecule has 0 radical (unpaired) electrons. The van der Waals surface area contributed by atoms with Crippen molar-refractivity contribution >= 4 is 11.0 Å². The summed E-state index contributed by atoms with van der Waals surface area (Å²) in [4.78, 5) is 16.1. The van der Waals surface area contributed by atoms with Crippen LogP contribution in [0.5, 0.6) is 0 Å². The number of hydrogen-bond donors (Lipinski definition) is 0. The van der Waals surface area contributed by atoms with Crippen molar-refractivity contribution in [2.45, 2.75) is 19.8 Å². The maximum atomic E-state index is 11.8. The molecule has 86 valence electrons. The summed E-state index contributed by atoms with van der Waals surface area (Å²) in [7, 11) is 1.71. The second kappa shape index (κ2) is 4.02. The fourth-order valence-corrected chi connectivity index (χ4v) is 1.85. The zero-order valence-corrected chi connectivity index (χ0v) is 10.1. The lowest BCUT2D eigenvalue weighted by Crippen LogP contribution is -2.18. The Bertz CT molecular complexity index is 677. The van der Waals surface area contributed by atoms with Gasteiger partial charge in [0, 0.05) is 13.1 Å². The van der Waals surface area contributed by atoms with Crippen LogP contribution < -0.4 is 5.56 Å². The SMILES string of the molecule is CC(C)c1cc(=O)n(C)c2ccc(C#N)nc12. The van der Waals surface area contributed by atoms with Gasteiger partial charge in [-0.15, -0.1) is 0 Å². The largest absolute Gasteiger partial charge is 0.310 e. The van der Waals surface area contributed by atoms with Gasteiger partial charge in [-0.1, -0.05) is 13.8 Å².